The summed E-state index contributed by atoms with van der Waals surface area (Å²) in [6.07, 6.45) is 2.29. The van der Waals surface area contributed by atoms with Gasteiger partial charge in [-0.1, -0.05) is 39.0 Å². The van der Waals surface area contributed by atoms with Crippen LogP contribution in [0.15, 0.2) is 9.95 Å². The minimum atomic E-state index is -0.121. The zero-order valence-electron chi connectivity index (χ0n) is 13.3. The van der Waals surface area contributed by atoms with Crippen LogP contribution in [-0.4, -0.2) is 33.1 Å². The maximum Gasteiger partial charge on any atom is 0.344 e. The van der Waals surface area contributed by atoms with Crippen LogP contribution in [0.5, 0.6) is 0 Å². The molecule has 2 N–H and O–H groups in total. The zero-order valence-corrected chi connectivity index (χ0v) is 14.1. The number of aromatic amines is 1. The third-order valence-electron chi connectivity index (χ3n) is 3.57. The highest BCUT2D eigenvalue weighted by Gasteiger charge is 2.18. The van der Waals surface area contributed by atoms with Gasteiger partial charge in [0.25, 0.3) is 0 Å². The van der Waals surface area contributed by atoms with Gasteiger partial charge in [-0.05, 0) is 32.7 Å². The number of rotatable bonds is 9. The first-order valence-corrected chi connectivity index (χ1v) is 8.52. The topological polar surface area (TPSA) is 62.7 Å². The molecule has 0 saturated carbocycles. The summed E-state index contributed by atoms with van der Waals surface area (Å²) in [5, 5.41) is 11.1. The second kappa shape index (κ2) is 8.52. The fourth-order valence-electron chi connectivity index (χ4n) is 2.05. The summed E-state index contributed by atoms with van der Waals surface area (Å²) in [5.41, 5.74) is -0.121. The van der Waals surface area contributed by atoms with Gasteiger partial charge in [-0.2, -0.15) is 0 Å². The Morgan fingerprint density at radius 2 is 2.05 bits per heavy atom. The number of nitrogens with one attached hydrogen (secondary N) is 2. The summed E-state index contributed by atoms with van der Waals surface area (Å²) < 4.78 is 1.72. The molecule has 0 bridgehead atoms. The van der Waals surface area contributed by atoms with Gasteiger partial charge in [0, 0.05) is 17.8 Å². The number of hydrogen-bond donors (Lipinski definition) is 2. The number of thioether (sulfide) groups is 1. The third-order valence-corrected chi connectivity index (χ3v) is 4.64. The van der Waals surface area contributed by atoms with Crippen molar-refractivity contribution in [2.75, 3.05) is 12.3 Å². The van der Waals surface area contributed by atoms with Crippen molar-refractivity contribution in [2.24, 2.45) is 5.92 Å². The van der Waals surface area contributed by atoms with Crippen molar-refractivity contribution in [3.8, 4) is 0 Å². The lowest BCUT2D eigenvalue weighted by Crippen LogP contribution is -2.37. The molecule has 6 heteroatoms. The van der Waals surface area contributed by atoms with Gasteiger partial charge in [-0.25, -0.2) is 9.89 Å². The number of hydrogen-bond acceptors (Lipinski definition) is 4. The van der Waals surface area contributed by atoms with E-state index in [1.54, 1.807) is 16.3 Å². The predicted molar refractivity (Wildman–Crippen MR) is 85.5 cm³/mol. The van der Waals surface area contributed by atoms with E-state index in [-0.39, 0.29) is 11.7 Å². The molecule has 0 fully saturated rings. The molecule has 1 rings (SSSR count). The molecule has 0 aliphatic carbocycles. The smallest absolute Gasteiger partial charge is 0.313 e. The molecule has 0 radical (unpaired) electrons. The van der Waals surface area contributed by atoms with E-state index in [1.165, 1.54) is 0 Å². The molecule has 0 aliphatic rings. The van der Waals surface area contributed by atoms with E-state index in [4.69, 9.17) is 0 Å². The Morgan fingerprint density at radius 3 is 2.60 bits per heavy atom. The number of H-pyrrole nitrogens is 1. The molecule has 0 spiro atoms. The molecule has 116 valence electrons. The molecule has 2 unspecified atom stereocenters. The summed E-state index contributed by atoms with van der Waals surface area (Å²) in [4.78, 5) is 11.7. The van der Waals surface area contributed by atoms with Crippen molar-refractivity contribution in [1.29, 1.82) is 0 Å². The molecule has 1 heterocycles. The molecular weight excluding hydrogens is 272 g/mol. The predicted octanol–water partition coefficient (Wildman–Crippen LogP) is 2.66. The van der Waals surface area contributed by atoms with Crippen LogP contribution in [0.4, 0.5) is 0 Å². The lowest BCUT2D eigenvalue weighted by atomic mass is 10.0. The lowest BCUT2D eigenvalue weighted by Gasteiger charge is -2.24. The van der Waals surface area contributed by atoms with E-state index < -0.39 is 0 Å². The molecule has 1 aromatic heterocycles. The molecule has 0 saturated heterocycles. The number of aromatic nitrogens is 3. The lowest BCUT2D eigenvalue weighted by molar-refractivity contribution is 0.396. The minimum Gasteiger partial charge on any atom is -0.313 e. The van der Waals surface area contributed by atoms with E-state index in [0.29, 0.717) is 12.0 Å². The summed E-state index contributed by atoms with van der Waals surface area (Å²) in [6, 6.07) is 0.590. The van der Waals surface area contributed by atoms with Crippen molar-refractivity contribution in [3.63, 3.8) is 0 Å². The van der Waals surface area contributed by atoms with Crippen LogP contribution in [0.1, 0.15) is 53.5 Å². The van der Waals surface area contributed by atoms with Gasteiger partial charge < -0.3 is 5.32 Å². The second-order valence-electron chi connectivity index (χ2n) is 5.53. The fraction of sp³-hybridized carbons (Fsp3) is 0.857. The number of nitrogens with zero attached hydrogens (tertiary/aromatic N) is 2. The maximum absolute atomic E-state index is 11.7. The normalized spacial score (nSPS) is 14.7. The largest absolute Gasteiger partial charge is 0.344 e. The highest BCUT2D eigenvalue weighted by Crippen LogP contribution is 2.21. The molecule has 0 aliphatic heterocycles. The van der Waals surface area contributed by atoms with Gasteiger partial charge in [-0.15, -0.1) is 5.10 Å². The molecule has 5 nitrogen and oxygen atoms in total. The van der Waals surface area contributed by atoms with E-state index in [9.17, 15) is 4.79 Å². The van der Waals surface area contributed by atoms with E-state index in [0.717, 1.165) is 30.3 Å². The average molecular weight is 300 g/mol. The van der Waals surface area contributed by atoms with Crippen LogP contribution >= 0.6 is 11.8 Å². The first kappa shape index (κ1) is 17.3. The maximum atomic E-state index is 11.7. The van der Waals surface area contributed by atoms with Gasteiger partial charge in [-0.3, -0.25) is 4.57 Å². The van der Waals surface area contributed by atoms with Gasteiger partial charge in [0.15, 0.2) is 5.16 Å². The van der Waals surface area contributed by atoms with Crippen LogP contribution in [-0.2, 0) is 0 Å². The third kappa shape index (κ3) is 4.66. The van der Waals surface area contributed by atoms with E-state index in [1.807, 2.05) is 13.8 Å². The second-order valence-corrected chi connectivity index (χ2v) is 6.52. The standard InChI is InChI=1S/C14H28N4OS/c1-6-8-15-12(11(5)7-2)9-20-14-17-16-13(19)18(14)10(3)4/h10-12,15H,6-9H2,1-5H3,(H,16,19). The Bertz CT molecular complexity index is 441. The van der Waals surface area contributed by atoms with Crippen molar-refractivity contribution in [1.82, 2.24) is 20.1 Å². The summed E-state index contributed by atoms with van der Waals surface area (Å²) >= 11 is 1.66. The summed E-state index contributed by atoms with van der Waals surface area (Å²) in [5.74, 6) is 1.55. The first-order chi connectivity index (χ1) is 9.51. The Morgan fingerprint density at radius 1 is 1.35 bits per heavy atom. The van der Waals surface area contributed by atoms with Crippen molar-refractivity contribution < 1.29 is 0 Å². The Labute approximate surface area is 125 Å². The van der Waals surface area contributed by atoms with Crippen LogP contribution in [0, 0.1) is 5.92 Å². The Kier molecular flexibility index (Phi) is 7.37. The molecule has 2 atom stereocenters. The van der Waals surface area contributed by atoms with Gasteiger partial charge in [0.1, 0.15) is 0 Å². The SMILES string of the molecule is CCCNC(CSc1n[nH]c(=O)n1C(C)C)C(C)CC. The van der Waals surface area contributed by atoms with Gasteiger partial charge >= 0.3 is 5.69 Å². The fourth-order valence-corrected chi connectivity index (χ4v) is 3.37. The van der Waals surface area contributed by atoms with Crippen LogP contribution in [0.25, 0.3) is 0 Å². The van der Waals surface area contributed by atoms with E-state index in [2.05, 4.69) is 36.3 Å². The Balaban J connectivity index is 2.69. The average Bonchev–Trinajstić information content (AvgIpc) is 2.79. The first-order valence-electron chi connectivity index (χ1n) is 7.54. The molecule has 20 heavy (non-hydrogen) atoms. The monoisotopic (exact) mass is 300 g/mol. The minimum absolute atomic E-state index is 0.121. The van der Waals surface area contributed by atoms with Crippen molar-refractivity contribution in [2.45, 2.75) is 64.7 Å². The highest BCUT2D eigenvalue weighted by molar-refractivity contribution is 7.99. The Hall–Kier alpha value is -0.750. The van der Waals surface area contributed by atoms with Crippen LogP contribution < -0.4 is 11.0 Å². The van der Waals surface area contributed by atoms with Gasteiger partial charge in [0.05, 0.1) is 0 Å². The molecule has 0 amide bonds. The molecule has 0 aromatic carbocycles. The van der Waals surface area contributed by atoms with Crippen LogP contribution in [0.3, 0.4) is 0 Å². The van der Waals surface area contributed by atoms with Crippen LogP contribution in [0.2, 0.25) is 0 Å². The van der Waals surface area contributed by atoms with Crippen molar-refractivity contribution >= 4 is 11.8 Å². The molecule has 1 aromatic rings. The quantitative estimate of drug-likeness (QED) is 0.688. The molecular formula is C14H28N4OS. The van der Waals surface area contributed by atoms with Gasteiger partial charge in [0.2, 0.25) is 0 Å². The zero-order chi connectivity index (χ0) is 15.1. The van der Waals surface area contributed by atoms with E-state index >= 15 is 0 Å². The summed E-state index contributed by atoms with van der Waals surface area (Å²) in [7, 11) is 0. The highest BCUT2D eigenvalue weighted by atomic mass is 32.2. The summed E-state index contributed by atoms with van der Waals surface area (Å²) in [6.45, 7) is 11.7. The van der Waals surface area contributed by atoms with Crippen molar-refractivity contribution in [3.05, 3.63) is 10.5 Å².